The Morgan fingerprint density at radius 2 is 2.16 bits per heavy atom. The number of carbonyl (C=O) groups is 1. The van der Waals surface area contributed by atoms with Crippen LogP contribution in [0, 0.1) is 11.3 Å². The molecule has 2 aliphatic rings. The fraction of sp³-hybridized carbons (Fsp3) is 0.429. The average Bonchev–Trinajstić information content (AvgIpc) is 2.76. The first-order valence-electron chi connectivity index (χ1n) is 6.44. The van der Waals surface area contributed by atoms with Gasteiger partial charge in [-0.3, -0.25) is 4.90 Å². The van der Waals surface area contributed by atoms with E-state index in [9.17, 15) is 4.79 Å². The summed E-state index contributed by atoms with van der Waals surface area (Å²) in [5, 5.41) is 12.1. The lowest BCUT2D eigenvalue weighted by Gasteiger charge is -2.31. The molecule has 1 N–H and O–H groups in total. The summed E-state index contributed by atoms with van der Waals surface area (Å²) < 4.78 is 5.57. The molecule has 5 nitrogen and oxygen atoms in total. The minimum atomic E-state index is -0.386. The van der Waals surface area contributed by atoms with E-state index in [4.69, 9.17) is 10.00 Å². The van der Waals surface area contributed by atoms with Crippen LogP contribution in [0.2, 0.25) is 0 Å². The lowest BCUT2D eigenvalue weighted by molar-refractivity contribution is 0.0366. The molecule has 5 heteroatoms. The van der Waals surface area contributed by atoms with Crippen molar-refractivity contribution in [1.29, 1.82) is 5.26 Å². The van der Waals surface area contributed by atoms with Crippen molar-refractivity contribution >= 4 is 11.8 Å². The van der Waals surface area contributed by atoms with Gasteiger partial charge in [0.2, 0.25) is 0 Å². The van der Waals surface area contributed by atoms with E-state index in [-0.39, 0.29) is 11.7 Å². The Balaban J connectivity index is 1.81. The number of hydrogen-bond acceptors (Lipinski definition) is 4. The van der Waals surface area contributed by atoms with E-state index in [0.717, 1.165) is 25.1 Å². The number of nitrogens with zero attached hydrogens (tertiary/aromatic N) is 2. The first-order chi connectivity index (χ1) is 9.22. The topological polar surface area (TPSA) is 65.4 Å². The monoisotopic (exact) mass is 257 g/mol. The summed E-state index contributed by atoms with van der Waals surface area (Å²) in [6.45, 7) is 2.27. The minimum Gasteiger partial charge on any atom is -0.439 e. The first kappa shape index (κ1) is 12.0. The number of rotatable bonds is 1. The predicted molar refractivity (Wildman–Crippen MR) is 69.8 cm³/mol. The molecule has 2 fully saturated rings. The zero-order valence-corrected chi connectivity index (χ0v) is 10.6. The summed E-state index contributed by atoms with van der Waals surface area (Å²) in [4.78, 5) is 13.7. The molecule has 1 aromatic rings. The molecule has 1 unspecified atom stereocenters. The highest BCUT2D eigenvalue weighted by Gasteiger charge is 2.46. The van der Waals surface area contributed by atoms with Crippen molar-refractivity contribution in [2.24, 2.45) is 0 Å². The standard InChI is InChI=1S/C14H15N3O2/c15-8-11-2-4-12(5-3-11)17-10-14(19-13(17)18)6-1-7-16-9-14/h2-5,16H,1,6-7,9-10H2. The third-order valence-corrected chi connectivity index (χ3v) is 3.71. The van der Waals surface area contributed by atoms with Gasteiger partial charge in [-0.1, -0.05) is 0 Å². The minimum absolute atomic E-state index is 0.298. The highest BCUT2D eigenvalue weighted by Crippen LogP contribution is 2.32. The van der Waals surface area contributed by atoms with Gasteiger partial charge >= 0.3 is 6.09 Å². The summed E-state index contributed by atoms with van der Waals surface area (Å²) in [5.41, 5.74) is 0.986. The quantitative estimate of drug-likeness (QED) is 0.830. The number of piperidine rings is 1. The molecular weight excluding hydrogens is 242 g/mol. The van der Waals surface area contributed by atoms with E-state index >= 15 is 0 Å². The zero-order valence-electron chi connectivity index (χ0n) is 10.6. The second-order valence-electron chi connectivity index (χ2n) is 5.08. The summed E-state index contributed by atoms with van der Waals surface area (Å²) in [6.07, 6.45) is 1.63. The maximum Gasteiger partial charge on any atom is 0.415 e. The van der Waals surface area contributed by atoms with Crippen LogP contribution in [0.5, 0.6) is 0 Å². The molecule has 19 heavy (non-hydrogen) atoms. The summed E-state index contributed by atoms with van der Waals surface area (Å²) in [6, 6.07) is 9.07. The number of nitrogens with one attached hydrogen (secondary N) is 1. The molecule has 0 radical (unpaired) electrons. The molecular formula is C14H15N3O2. The van der Waals surface area contributed by atoms with E-state index in [1.807, 2.05) is 0 Å². The van der Waals surface area contributed by atoms with E-state index in [0.29, 0.717) is 18.7 Å². The molecule has 0 saturated carbocycles. The molecule has 2 heterocycles. The number of nitriles is 1. The Labute approximate surface area is 111 Å². The molecule has 0 aromatic heterocycles. The molecule has 2 saturated heterocycles. The lowest BCUT2D eigenvalue weighted by atomic mass is 9.94. The molecule has 0 bridgehead atoms. The van der Waals surface area contributed by atoms with Crippen LogP contribution in [0.4, 0.5) is 10.5 Å². The largest absolute Gasteiger partial charge is 0.439 e. The Morgan fingerprint density at radius 3 is 2.79 bits per heavy atom. The van der Waals surface area contributed by atoms with Crippen molar-refractivity contribution < 1.29 is 9.53 Å². The van der Waals surface area contributed by atoms with Gasteiger partial charge in [0.25, 0.3) is 0 Å². The normalized spacial score (nSPS) is 26.3. The van der Waals surface area contributed by atoms with Crippen molar-refractivity contribution in [2.45, 2.75) is 18.4 Å². The van der Waals surface area contributed by atoms with Crippen LogP contribution in [-0.4, -0.2) is 31.3 Å². The van der Waals surface area contributed by atoms with E-state index < -0.39 is 0 Å². The van der Waals surface area contributed by atoms with Crippen molar-refractivity contribution in [3.8, 4) is 6.07 Å². The Morgan fingerprint density at radius 1 is 1.37 bits per heavy atom. The van der Waals surface area contributed by atoms with Gasteiger partial charge in [-0.05, 0) is 43.7 Å². The molecule has 0 aliphatic carbocycles. The first-order valence-corrected chi connectivity index (χ1v) is 6.44. The second kappa shape index (κ2) is 4.56. The fourth-order valence-electron chi connectivity index (χ4n) is 2.70. The van der Waals surface area contributed by atoms with Gasteiger partial charge in [0, 0.05) is 12.2 Å². The molecule has 3 rings (SSSR count). The Kier molecular flexibility index (Phi) is 2.88. The van der Waals surface area contributed by atoms with Crippen LogP contribution < -0.4 is 10.2 Å². The van der Waals surface area contributed by atoms with Gasteiger partial charge in [-0.25, -0.2) is 4.79 Å². The molecule has 1 amide bonds. The number of amides is 1. The van der Waals surface area contributed by atoms with Gasteiger partial charge < -0.3 is 10.1 Å². The molecule has 98 valence electrons. The third-order valence-electron chi connectivity index (χ3n) is 3.71. The summed E-state index contributed by atoms with van der Waals surface area (Å²) in [5.74, 6) is 0. The Bertz CT molecular complexity index is 527. The molecule has 1 aromatic carbocycles. The van der Waals surface area contributed by atoms with E-state index in [2.05, 4.69) is 11.4 Å². The van der Waals surface area contributed by atoms with Crippen LogP contribution >= 0.6 is 0 Å². The molecule has 1 atom stereocenters. The number of anilines is 1. The predicted octanol–water partition coefficient (Wildman–Crippen LogP) is 1.64. The summed E-state index contributed by atoms with van der Waals surface area (Å²) in [7, 11) is 0. The van der Waals surface area contributed by atoms with Gasteiger partial charge in [-0.2, -0.15) is 5.26 Å². The lowest BCUT2D eigenvalue weighted by Crippen LogP contribution is -2.48. The maximum absolute atomic E-state index is 12.0. The SMILES string of the molecule is N#Cc1ccc(N2CC3(CCCNC3)OC2=O)cc1. The van der Waals surface area contributed by atoms with Crippen LogP contribution in [0.25, 0.3) is 0 Å². The van der Waals surface area contributed by atoms with Crippen LogP contribution in [0.1, 0.15) is 18.4 Å². The van der Waals surface area contributed by atoms with Crippen molar-refractivity contribution in [3.05, 3.63) is 29.8 Å². The van der Waals surface area contributed by atoms with Gasteiger partial charge in [0.1, 0.15) is 5.60 Å². The van der Waals surface area contributed by atoms with Crippen LogP contribution in [0.15, 0.2) is 24.3 Å². The van der Waals surface area contributed by atoms with Gasteiger partial charge in [0.15, 0.2) is 0 Å². The van der Waals surface area contributed by atoms with Gasteiger partial charge in [0.05, 0.1) is 18.2 Å². The van der Waals surface area contributed by atoms with Crippen LogP contribution in [-0.2, 0) is 4.74 Å². The van der Waals surface area contributed by atoms with E-state index in [1.165, 1.54) is 0 Å². The smallest absolute Gasteiger partial charge is 0.415 e. The number of ether oxygens (including phenoxy) is 1. The fourth-order valence-corrected chi connectivity index (χ4v) is 2.70. The number of carbonyl (C=O) groups excluding carboxylic acids is 1. The van der Waals surface area contributed by atoms with Gasteiger partial charge in [-0.15, -0.1) is 0 Å². The highest BCUT2D eigenvalue weighted by atomic mass is 16.6. The van der Waals surface area contributed by atoms with Crippen molar-refractivity contribution in [1.82, 2.24) is 5.32 Å². The summed E-state index contributed by atoms with van der Waals surface area (Å²) >= 11 is 0. The van der Waals surface area contributed by atoms with Crippen molar-refractivity contribution in [3.63, 3.8) is 0 Å². The number of hydrogen-bond donors (Lipinski definition) is 1. The van der Waals surface area contributed by atoms with E-state index in [1.54, 1.807) is 29.2 Å². The zero-order chi connectivity index (χ0) is 13.3. The average molecular weight is 257 g/mol. The molecule has 1 spiro atoms. The molecule has 2 aliphatic heterocycles. The second-order valence-corrected chi connectivity index (χ2v) is 5.08. The Hall–Kier alpha value is -2.06. The maximum atomic E-state index is 12.0. The number of benzene rings is 1. The highest BCUT2D eigenvalue weighted by molar-refractivity contribution is 5.90. The van der Waals surface area contributed by atoms with Crippen molar-refractivity contribution in [2.75, 3.05) is 24.5 Å². The van der Waals surface area contributed by atoms with Crippen LogP contribution in [0.3, 0.4) is 0 Å². The third kappa shape index (κ3) is 2.15.